The van der Waals surface area contributed by atoms with Crippen LogP contribution in [-0.4, -0.2) is 66.0 Å². The third-order valence-electron chi connectivity index (χ3n) is 9.38. The summed E-state index contributed by atoms with van der Waals surface area (Å²) in [5, 5.41) is 11.1. The van der Waals surface area contributed by atoms with Crippen molar-refractivity contribution >= 4 is 52.4 Å². The van der Waals surface area contributed by atoms with E-state index < -0.39 is 11.2 Å². The van der Waals surface area contributed by atoms with E-state index in [1.807, 2.05) is 31.2 Å². The first-order valence-electron chi connectivity index (χ1n) is 17.8. The molecule has 4 aromatic carbocycles. The van der Waals surface area contributed by atoms with Gasteiger partial charge in [0.1, 0.15) is 31.3 Å². The Kier molecular flexibility index (Phi) is 11.9. The number of amides is 2. The van der Waals surface area contributed by atoms with E-state index in [4.69, 9.17) is 58.5 Å². The summed E-state index contributed by atoms with van der Waals surface area (Å²) in [6.45, 7) is 2.61. The standard InChI is InChI=1S/C40H36Cl3N3O10/c1-24-15-34(42)38(35(43)16-24)52-14-13-51-29-9-5-26(6-10-29)31-11-12-44(40(48)56-30-4-2-3-25(17-30)22-55-46(49)50)21-32(31)39(47)45(28-7-8-28)20-27-18-36-37(19-33(27)41)54-23-53-36/h2-6,9-10,15-19,28H,7-8,11-14,20-23H2,1H3. The second-order valence-electron chi connectivity index (χ2n) is 13.4. The molecule has 0 unspecified atom stereocenters. The number of carbonyl (C=O) groups is 2. The quantitative estimate of drug-likeness (QED) is 0.0690. The average molecular weight is 825 g/mol. The van der Waals surface area contributed by atoms with Crippen molar-refractivity contribution in [1.29, 1.82) is 0 Å². The fourth-order valence-corrected chi connectivity index (χ4v) is 7.41. The molecule has 4 aromatic rings. The lowest BCUT2D eigenvalue weighted by molar-refractivity contribution is -0.763. The number of hydrogen-bond acceptors (Lipinski definition) is 10. The second kappa shape index (κ2) is 17.2. The van der Waals surface area contributed by atoms with Crippen molar-refractivity contribution in [2.45, 2.75) is 45.4 Å². The summed E-state index contributed by atoms with van der Waals surface area (Å²) in [6.07, 6.45) is 1.35. The van der Waals surface area contributed by atoms with Crippen molar-refractivity contribution in [1.82, 2.24) is 9.80 Å². The number of nitrogens with zero attached hydrogens (tertiary/aromatic N) is 3. The number of hydrogen-bond donors (Lipinski definition) is 0. The SMILES string of the molecule is Cc1cc(Cl)c(OCCOc2ccc(C3=C(C(=O)N(Cc4cc5c(cc4Cl)OCO5)C4CC4)CN(C(=O)Oc4cccc(CO[N+](=O)[O-])c4)CC3)cc2)c(Cl)c1. The Morgan fingerprint density at radius 2 is 1.62 bits per heavy atom. The van der Waals surface area contributed by atoms with Gasteiger partial charge in [-0.1, -0.05) is 59.1 Å². The molecule has 1 aliphatic carbocycles. The van der Waals surface area contributed by atoms with Gasteiger partial charge in [0.15, 0.2) is 17.2 Å². The first-order valence-corrected chi connectivity index (χ1v) is 18.9. The summed E-state index contributed by atoms with van der Waals surface area (Å²) in [4.78, 5) is 46.7. The maximum Gasteiger partial charge on any atom is 0.415 e. The monoisotopic (exact) mass is 823 g/mol. The van der Waals surface area contributed by atoms with Gasteiger partial charge >= 0.3 is 6.09 Å². The van der Waals surface area contributed by atoms with E-state index in [-0.39, 0.29) is 63.9 Å². The van der Waals surface area contributed by atoms with Gasteiger partial charge in [-0.3, -0.25) is 4.79 Å². The third kappa shape index (κ3) is 9.35. The van der Waals surface area contributed by atoms with Gasteiger partial charge in [-0.15, -0.1) is 10.1 Å². The molecule has 16 heteroatoms. The summed E-state index contributed by atoms with van der Waals surface area (Å²) >= 11 is 19.3. The van der Waals surface area contributed by atoms with Gasteiger partial charge in [0.25, 0.3) is 11.0 Å². The maximum atomic E-state index is 14.7. The Bertz CT molecular complexity index is 2150. The Balaban J connectivity index is 1.10. The number of halogens is 3. The molecule has 2 amide bonds. The molecule has 13 nitrogen and oxygen atoms in total. The van der Waals surface area contributed by atoms with E-state index in [2.05, 4.69) is 4.84 Å². The van der Waals surface area contributed by atoms with Gasteiger partial charge < -0.3 is 38.3 Å². The molecule has 0 saturated heterocycles. The zero-order chi connectivity index (χ0) is 39.3. The Morgan fingerprint density at radius 3 is 2.34 bits per heavy atom. The Morgan fingerprint density at radius 1 is 0.911 bits per heavy atom. The summed E-state index contributed by atoms with van der Waals surface area (Å²) < 4.78 is 28.5. The van der Waals surface area contributed by atoms with Gasteiger partial charge in [-0.05, 0) is 96.5 Å². The Hall–Kier alpha value is -5.37. The number of ether oxygens (including phenoxy) is 5. The first kappa shape index (κ1) is 38.9. The summed E-state index contributed by atoms with van der Waals surface area (Å²) in [5.41, 5.74) is 4.13. The molecule has 1 saturated carbocycles. The highest BCUT2D eigenvalue weighted by molar-refractivity contribution is 6.37. The molecule has 0 aromatic heterocycles. The highest BCUT2D eigenvalue weighted by atomic mass is 35.5. The minimum atomic E-state index is -0.892. The molecule has 0 bridgehead atoms. The molecular formula is C40H36Cl3N3O10. The highest BCUT2D eigenvalue weighted by Gasteiger charge is 2.38. The lowest BCUT2D eigenvalue weighted by Crippen LogP contribution is -2.44. The van der Waals surface area contributed by atoms with Crippen molar-refractivity contribution in [2.24, 2.45) is 0 Å². The van der Waals surface area contributed by atoms with Crippen molar-refractivity contribution in [2.75, 3.05) is 33.1 Å². The van der Waals surface area contributed by atoms with E-state index in [0.29, 0.717) is 61.2 Å². The molecule has 2 heterocycles. The molecule has 56 heavy (non-hydrogen) atoms. The van der Waals surface area contributed by atoms with E-state index in [9.17, 15) is 19.7 Å². The van der Waals surface area contributed by atoms with Crippen LogP contribution in [0, 0.1) is 17.0 Å². The van der Waals surface area contributed by atoms with Gasteiger partial charge in [0.05, 0.1) is 16.6 Å². The summed E-state index contributed by atoms with van der Waals surface area (Å²) in [7, 11) is 0. The minimum Gasteiger partial charge on any atom is -0.490 e. The molecule has 292 valence electrons. The van der Waals surface area contributed by atoms with Crippen LogP contribution in [0.5, 0.6) is 28.7 Å². The molecular weight excluding hydrogens is 789 g/mol. The molecule has 1 fully saturated rings. The molecule has 0 N–H and O–H groups in total. The van der Waals surface area contributed by atoms with E-state index >= 15 is 0 Å². The van der Waals surface area contributed by atoms with Crippen LogP contribution in [0.3, 0.4) is 0 Å². The van der Waals surface area contributed by atoms with E-state index in [0.717, 1.165) is 29.5 Å². The second-order valence-corrected chi connectivity index (χ2v) is 14.6. The molecule has 0 spiro atoms. The number of aryl methyl sites for hydroxylation is 1. The third-order valence-corrected chi connectivity index (χ3v) is 10.3. The number of fused-ring (bicyclic) bond motifs is 1. The van der Waals surface area contributed by atoms with Crippen LogP contribution in [0.25, 0.3) is 5.57 Å². The predicted molar refractivity (Wildman–Crippen MR) is 207 cm³/mol. The molecule has 7 rings (SSSR count). The lowest BCUT2D eigenvalue weighted by atomic mass is 9.92. The van der Waals surface area contributed by atoms with Gasteiger partial charge in [-0.25, -0.2) is 4.79 Å². The van der Waals surface area contributed by atoms with Gasteiger partial charge in [0, 0.05) is 35.8 Å². The molecule has 0 radical (unpaired) electrons. The number of carbonyl (C=O) groups excluding carboxylic acids is 2. The normalized spacial score (nSPS) is 14.7. The first-order chi connectivity index (χ1) is 27.0. The largest absolute Gasteiger partial charge is 0.490 e. The summed E-state index contributed by atoms with van der Waals surface area (Å²) in [5.74, 6) is 2.06. The van der Waals surface area contributed by atoms with Crippen LogP contribution in [0.15, 0.2) is 78.4 Å². The molecule has 0 atom stereocenters. The van der Waals surface area contributed by atoms with Crippen LogP contribution in [0.1, 0.15) is 41.5 Å². The van der Waals surface area contributed by atoms with Crippen molar-refractivity contribution < 1.29 is 43.2 Å². The van der Waals surface area contributed by atoms with Crippen molar-refractivity contribution in [3.8, 4) is 28.7 Å². The fourth-order valence-electron chi connectivity index (χ4n) is 6.50. The highest BCUT2D eigenvalue weighted by Crippen LogP contribution is 2.40. The molecule has 2 aliphatic heterocycles. The lowest BCUT2D eigenvalue weighted by Gasteiger charge is -2.33. The average Bonchev–Trinajstić information content (AvgIpc) is 3.92. The summed E-state index contributed by atoms with van der Waals surface area (Å²) in [6, 6.07) is 20.7. The zero-order valence-corrected chi connectivity index (χ0v) is 32.4. The van der Waals surface area contributed by atoms with Crippen LogP contribution in [0.2, 0.25) is 15.1 Å². The van der Waals surface area contributed by atoms with Crippen LogP contribution in [-0.2, 0) is 22.8 Å². The van der Waals surface area contributed by atoms with Gasteiger partial charge in [-0.2, -0.15) is 0 Å². The minimum absolute atomic E-state index is 0.00754. The zero-order valence-electron chi connectivity index (χ0n) is 30.1. The number of benzene rings is 4. The maximum absolute atomic E-state index is 14.7. The predicted octanol–water partition coefficient (Wildman–Crippen LogP) is 8.70. The smallest absolute Gasteiger partial charge is 0.415 e. The van der Waals surface area contributed by atoms with Crippen molar-refractivity contribution in [3.05, 3.63) is 126 Å². The van der Waals surface area contributed by atoms with E-state index in [1.165, 1.54) is 11.0 Å². The van der Waals surface area contributed by atoms with Crippen LogP contribution in [0.4, 0.5) is 4.79 Å². The molecule has 3 aliphatic rings. The van der Waals surface area contributed by atoms with E-state index in [1.54, 1.807) is 47.4 Å². The van der Waals surface area contributed by atoms with Crippen LogP contribution >= 0.6 is 34.8 Å². The fraction of sp³-hybridized carbons (Fsp3) is 0.300. The topological polar surface area (TPSA) is 139 Å². The van der Waals surface area contributed by atoms with Gasteiger partial charge in [0.2, 0.25) is 6.79 Å². The van der Waals surface area contributed by atoms with Crippen LogP contribution < -0.4 is 23.7 Å². The van der Waals surface area contributed by atoms with Crippen molar-refractivity contribution in [3.63, 3.8) is 0 Å². The number of rotatable bonds is 14. The Labute approximate surface area is 337 Å².